The fraction of sp³-hybridized carbons (Fsp3) is 0.345. The van der Waals surface area contributed by atoms with Crippen LogP contribution in [0.2, 0.25) is 0 Å². The number of rotatable bonds is 5. The van der Waals surface area contributed by atoms with Crippen LogP contribution in [0, 0.1) is 19.8 Å². The Kier molecular flexibility index (Phi) is 6.63. The van der Waals surface area contributed by atoms with Gasteiger partial charge in [-0.05, 0) is 49.4 Å². The molecule has 2 aromatic carbocycles. The van der Waals surface area contributed by atoms with Gasteiger partial charge in [0.1, 0.15) is 6.04 Å². The highest BCUT2D eigenvalue weighted by molar-refractivity contribution is 5.97. The second-order valence-corrected chi connectivity index (χ2v) is 10.1. The number of aryl methyl sites for hydroxylation is 2. The van der Waals surface area contributed by atoms with Gasteiger partial charge in [0, 0.05) is 49.4 Å². The molecule has 2 N–H and O–H groups in total. The molecule has 36 heavy (non-hydrogen) atoms. The van der Waals surface area contributed by atoms with Gasteiger partial charge in [-0.25, -0.2) is 4.79 Å². The molecule has 7 nitrogen and oxygen atoms in total. The van der Waals surface area contributed by atoms with Gasteiger partial charge in [0.25, 0.3) is 5.56 Å². The third kappa shape index (κ3) is 5.05. The predicted octanol–water partition coefficient (Wildman–Crippen LogP) is 3.84. The molecule has 0 aliphatic carbocycles. The van der Waals surface area contributed by atoms with Crippen LogP contribution in [0.1, 0.15) is 34.7 Å². The Hall–Kier alpha value is -3.87. The van der Waals surface area contributed by atoms with Gasteiger partial charge in [-0.3, -0.25) is 9.59 Å². The van der Waals surface area contributed by atoms with E-state index < -0.39 is 6.04 Å². The molecule has 2 aliphatic heterocycles. The lowest BCUT2D eigenvalue weighted by atomic mass is 9.83. The van der Waals surface area contributed by atoms with Gasteiger partial charge < -0.3 is 20.1 Å². The number of urea groups is 1. The standard InChI is InChI=1S/C29H32N4O3/c1-19-11-12-24(20(2)13-19)30-28(35)25(15-21-7-4-3-5-8-21)31-29(36)32-16-22-14-23(18-32)26-9-6-10-27(34)33(26)17-22/h3-13,22-23,25H,14-18H2,1-2H3,(H,30,35)(H,31,36)/t22?,23?,25-/m0/s1. The number of nitrogens with one attached hydrogen (secondary N) is 2. The number of hydrogen-bond donors (Lipinski definition) is 2. The normalized spacial score (nSPS) is 19.2. The zero-order chi connectivity index (χ0) is 25.2. The van der Waals surface area contributed by atoms with Crippen molar-refractivity contribution < 1.29 is 9.59 Å². The molecule has 2 aliphatic rings. The number of anilines is 1. The number of carbonyl (C=O) groups is 2. The Morgan fingerprint density at radius 2 is 1.78 bits per heavy atom. The molecule has 2 unspecified atom stereocenters. The third-order valence-corrected chi connectivity index (χ3v) is 7.30. The number of likely N-dealkylation sites (tertiary alicyclic amines) is 1. The number of carbonyl (C=O) groups excluding carboxylic acids is 2. The zero-order valence-electron chi connectivity index (χ0n) is 20.7. The lowest BCUT2D eigenvalue weighted by Gasteiger charge is -2.43. The number of aromatic nitrogens is 1. The Balaban J connectivity index is 1.33. The summed E-state index contributed by atoms with van der Waals surface area (Å²) < 4.78 is 1.85. The minimum Gasteiger partial charge on any atom is -0.326 e. The molecule has 0 radical (unpaired) electrons. The number of nitrogens with zero attached hydrogens (tertiary/aromatic N) is 2. The summed E-state index contributed by atoms with van der Waals surface area (Å²) in [5.74, 6) is 0.0979. The van der Waals surface area contributed by atoms with E-state index in [2.05, 4.69) is 10.6 Å². The molecule has 7 heteroatoms. The van der Waals surface area contributed by atoms with Gasteiger partial charge in [0.05, 0.1) is 0 Å². The largest absolute Gasteiger partial charge is 0.326 e. The first-order valence-corrected chi connectivity index (χ1v) is 12.5. The van der Waals surface area contributed by atoms with Crippen molar-refractivity contribution >= 4 is 17.6 Å². The number of fused-ring (bicyclic) bond motifs is 4. The quantitative estimate of drug-likeness (QED) is 0.577. The molecule has 2 bridgehead atoms. The van der Waals surface area contributed by atoms with Crippen molar-refractivity contribution in [2.45, 2.75) is 45.2 Å². The van der Waals surface area contributed by atoms with E-state index in [0.29, 0.717) is 26.1 Å². The van der Waals surface area contributed by atoms with Crippen LogP contribution in [0.25, 0.3) is 0 Å². The Morgan fingerprint density at radius 3 is 2.56 bits per heavy atom. The van der Waals surface area contributed by atoms with E-state index in [4.69, 9.17) is 0 Å². The fourth-order valence-electron chi connectivity index (χ4n) is 5.54. The second kappa shape index (κ2) is 10.0. The van der Waals surface area contributed by atoms with Crippen molar-refractivity contribution in [1.29, 1.82) is 0 Å². The molecule has 3 amide bonds. The molecule has 1 fully saturated rings. The fourth-order valence-corrected chi connectivity index (χ4v) is 5.54. The smallest absolute Gasteiger partial charge is 0.318 e. The first-order chi connectivity index (χ1) is 17.4. The molecular weight excluding hydrogens is 452 g/mol. The summed E-state index contributed by atoms with van der Waals surface area (Å²) in [6.07, 6.45) is 1.36. The highest BCUT2D eigenvalue weighted by atomic mass is 16.2. The summed E-state index contributed by atoms with van der Waals surface area (Å²) in [5.41, 5.74) is 4.83. The molecule has 3 aromatic rings. The van der Waals surface area contributed by atoms with Gasteiger partial charge in [0.15, 0.2) is 0 Å². The molecule has 0 saturated carbocycles. The van der Waals surface area contributed by atoms with Crippen LogP contribution in [-0.2, 0) is 17.8 Å². The van der Waals surface area contributed by atoms with E-state index in [1.54, 1.807) is 12.1 Å². The maximum atomic E-state index is 13.4. The first kappa shape index (κ1) is 23.9. The van der Waals surface area contributed by atoms with Crippen molar-refractivity contribution in [3.05, 3.63) is 99.5 Å². The summed E-state index contributed by atoms with van der Waals surface area (Å²) >= 11 is 0. The van der Waals surface area contributed by atoms with Gasteiger partial charge >= 0.3 is 6.03 Å². The van der Waals surface area contributed by atoms with Gasteiger partial charge in [-0.15, -0.1) is 0 Å². The molecule has 186 valence electrons. The van der Waals surface area contributed by atoms with Crippen LogP contribution in [0.15, 0.2) is 71.5 Å². The highest BCUT2D eigenvalue weighted by Gasteiger charge is 2.37. The number of benzene rings is 2. The minimum absolute atomic E-state index is 0.0195. The summed E-state index contributed by atoms with van der Waals surface area (Å²) in [5, 5.41) is 6.03. The highest BCUT2D eigenvalue weighted by Crippen LogP contribution is 2.35. The predicted molar refractivity (Wildman–Crippen MR) is 140 cm³/mol. The van der Waals surface area contributed by atoms with Crippen LogP contribution >= 0.6 is 0 Å². The monoisotopic (exact) mass is 484 g/mol. The zero-order valence-corrected chi connectivity index (χ0v) is 20.7. The number of piperidine rings is 1. The summed E-state index contributed by atoms with van der Waals surface area (Å²) in [6, 6.07) is 20.0. The average Bonchev–Trinajstić information content (AvgIpc) is 2.86. The molecular formula is C29H32N4O3. The molecule has 1 aromatic heterocycles. The van der Waals surface area contributed by atoms with Crippen LogP contribution in [0.3, 0.4) is 0 Å². The molecule has 3 atom stereocenters. The van der Waals surface area contributed by atoms with E-state index in [1.807, 2.05) is 77.9 Å². The first-order valence-electron chi connectivity index (χ1n) is 12.5. The molecule has 0 spiro atoms. The van der Waals surface area contributed by atoms with E-state index in [1.165, 1.54) is 0 Å². The van der Waals surface area contributed by atoms with E-state index >= 15 is 0 Å². The third-order valence-electron chi connectivity index (χ3n) is 7.30. The van der Waals surface area contributed by atoms with Crippen molar-refractivity contribution in [2.24, 2.45) is 5.92 Å². The van der Waals surface area contributed by atoms with Gasteiger partial charge in [-0.2, -0.15) is 0 Å². The average molecular weight is 485 g/mol. The van der Waals surface area contributed by atoms with Crippen molar-refractivity contribution in [1.82, 2.24) is 14.8 Å². The van der Waals surface area contributed by atoms with Gasteiger partial charge in [0.2, 0.25) is 5.91 Å². The molecule has 1 saturated heterocycles. The maximum absolute atomic E-state index is 13.4. The SMILES string of the molecule is Cc1ccc(NC(=O)[C@H](Cc2ccccc2)NC(=O)N2CC3CC(C2)c2cccc(=O)n2C3)c(C)c1. The van der Waals surface area contributed by atoms with Crippen molar-refractivity contribution in [2.75, 3.05) is 18.4 Å². The van der Waals surface area contributed by atoms with E-state index in [0.717, 1.165) is 34.5 Å². The van der Waals surface area contributed by atoms with Crippen LogP contribution in [-0.4, -0.2) is 40.5 Å². The van der Waals surface area contributed by atoms with Crippen molar-refractivity contribution in [3.63, 3.8) is 0 Å². The van der Waals surface area contributed by atoms with E-state index in [9.17, 15) is 14.4 Å². The Bertz CT molecular complexity index is 1330. The van der Waals surface area contributed by atoms with Crippen molar-refractivity contribution in [3.8, 4) is 0 Å². The minimum atomic E-state index is -0.725. The van der Waals surface area contributed by atoms with Gasteiger partial charge in [-0.1, -0.05) is 54.1 Å². The summed E-state index contributed by atoms with van der Waals surface area (Å²) in [7, 11) is 0. The number of hydrogen-bond acceptors (Lipinski definition) is 3. The van der Waals surface area contributed by atoms with Crippen LogP contribution in [0.4, 0.5) is 10.5 Å². The lowest BCUT2D eigenvalue weighted by Crippen LogP contribution is -2.55. The molecule has 5 rings (SSSR count). The number of pyridine rings is 1. The van der Waals surface area contributed by atoms with Crippen LogP contribution < -0.4 is 16.2 Å². The van der Waals surface area contributed by atoms with E-state index in [-0.39, 0.29) is 29.3 Å². The lowest BCUT2D eigenvalue weighted by molar-refractivity contribution is -0.118. The summed E-state index contributed by atoms with van der Waals surface area (Å²) in [6.45, 7) is 5.70. The second-order valence-electron chi connectivity index (χ2n) is 10.1. The molecule has 3 heterocycles. The topological polar surface area (TPSA) is 83.4 Å². The number of amides is 3. The van der Waals surface area contributed by atoms with Crippen LogP contribution in [0.5, 0.6) is 0 Å². The maximum Gasteiger partial charge on any atom is 0.318 e. The Labute approximate surface area is 211 Å². The Morgan fingerprint density at radius 1 is 0.972 bits per heavy atom. The summed E-state index contributed by atoms with van der Waals surface area (Å²) in [4.78, 5) is 41.0.